The van der Waals surface area contributed by atoms with Crippen LogP contribution in [0.15, 0.2) is 54.1 Å². The molecule has 0 saturated heterocycles. The average Bonchev–Trinajstić information content (AvgIpc) is 3.10. The molecule has 4 rings (SSSR count). The highest BCUT2D eigenvalue weighted by Gasteiger charge is 2.06. The third-order valence-electron chi connectivity index (χ3n) is 3.48. The van der Waals surface area contributed by atoms with Crippen LogP contribution < -0.4 is 0 Å². The zero-order valence-electron chi connectivity index (χ0n) is 12.1. The van der Waals surface area contributed by atoms with Gasteiger partial charge in [0.15, 0.2) is 5.16 Å². The molecule has 0 fully saturated rings. The molecule has 112 valence electrons. The molecule has 0 spiro atoms. The standard InChI is InChI=1S/C16H14N4S.H2O/c1-11-4-5-13-14(9-11)19-16(18-13)21-10-12-3-2-7-20-8-6-17-15(12)20;/h2-9H,10H2,1H3,(H,18,19);1H2. The Morgan fingerprint density at radius 3 is 3.05 bits per heavy atom. The van der Waals surface area contributed by atoms with Crippen molar-refractivity contribution in [3.63, 3.8) is 0 Å². The van der Waals surface area contributed by atoms with Gasteiger partial charge in [-0.2, -0.15) is 0 Å². The molecule has 3 heterocycles. The molecule has 3 aromatic heterocycles. The van der Waals surface area contributed by atoms with Gasteiger partial charge in [0.2, 0.25) is 0 Å². The number of H-pyrrole nitrogens is 1. The summed E-state index contributed by atoms with van der Waals surface area (Å²) in [5.41, 5.74) is 5.57. The van der Waals surface area contributed by atoms with Gasteiger partial charge in [-0.25, -0.2) is 9.97 Å². The Hall–Kier alpha value is -2.31. The fourth-order valence-electron chi connectivity index (χ4n) is 2.44. The summed E-state index contributed by atoms with van der Waals surface area (Å²) in [6.45, 7) is 2.09. The van der Waals surface area contributed by atoms with Gasteiger partial charge in [-0.15, -0.1) is 0 Å². The molecular formula is C16H16N4OS. The lowest BCUT2D eigenvalue weighted by atomic mass is 10.2. The predicted octanol–water partition coefficient (Wildman–Crippen LogP) is 2.99. The Labute approximate surface area is 131 Å². The van der Waals surface area contributed by atoms with E-state index in [9.17, 15) is 0 Å². The van der Waals surface area contributed by atoms with Crippen LogP contribution in [0.1, 0.15) is 11.1 Å². The van der Waals surface area contributed by atoms with E-state index < -0.39 is 0 Å². The van der Waals surface area contributed by atoms with Gasteiger partial charge in [0.1, 0.15) is 5.65 Å². The Morgan fingerprint density at radius 1 is 1.23 bits per heavy atom. The first kappa shape index (κ1) is 14.6. The van der Waals surface area contributed by atoms with Crippen LogP contribution in [0.3, 0.4) is 0 Å². The van der Waals surface area contributed by atoms with Crippen LogP contribution >= 0.6 is 11.8 Å². The molecule has 22 heavy (non-hydrogen) atoms. The number of nitrogens with one attached hydrogen (secondary N) is 1. The summed E-state index contributed by atoms with van der Waals surface area (Å²) in [5.74, 6) is 0.847. The molecule has 0 atom stereocenters. The molecule has 0 aliphatic heterocycles. The lowest BCUT2D eigenvalue weighted by Crippen LogP contribution is -1.89. The van der Waals surface area contributed by atoms with Gasteiger partial charge < -0.3 is 14.9 Å². The highest BCUT2D eigenvalue weighted by atomic mass is 32.2. The molecule has 1 aromatic carbocycles. The number of pyridine rings is 1. The second kappa shape index (κ2) is 5.82. The van der Waals surface area contributed by atoms with E-state index in [4.69, 9.17) is 0 Å². The molecule has 0 radical (unpaired) electrons. The van der Waals surface area contributed by atoms with E-state index in [0.29, 0.717) is 0 Å². The monoisotopic (exact) mass is 312 g/mol. The third-order valence-corrected chi connectivity index (χ3v) is 4.40. The summed E-state index contributed by atoms with van der Waals surface area (Å²) in [7, 11) is 0. The van der Waals surface area contributed by atoms with Crippen LogP contribution in [0.5, 0.6) is 0 Å². The number of thioether (sulfide) groups is 1. The Morgan fingerprint density at radius 2 is 2.14 bits per heavy atom. The SMILES string of the molecule is Cc1ccc2nc(SCc3cccn4ccnc34)[nH]c2c1.O. The summed E-state index contributed by atoms with van der Waals surface area (Å²) in [5, 5.41) is 0.948. The molecular weight excluding hydrogens is 296 g/mol. The minimum absolute atomic E-state index is 0. The zero-order chi connectivity index (χ0) is 14.2. The smallest absolute Gasteiger partial charge is 0.166 e. The molecule has 0 saturated carbocycles. The summed E-state index contributed by atoms with van der Waals surface area (Å²) in [6.07, 6.45) is 5.81. The van der Waals surface area contributed by atoms with Crippen LogP contribution in [-0.2, 0) is 5.75 Å². The van der Waals surface area contributed by atoms with Crippen molar-refractivity contribution in [1.82, 2.24) is 19.4 Å². The number of nitrogens with zero attached hydrogens (tertiary/aromatic N) is 3. The lowest BCUT2D eigenvalue weighted by Gasteiger charge is -2.01. The van der Waals surface area contributed by atoms with Gasteiger partial charge in [-0.1, -0.05) is 23.9 Å². The number of aryl methyl sites for hydroxylation is 1. The summed E-state index contributed by atoms with van der Waals surface area (Å²) in [4.78, 5) is 12.4. The van der Waals surface area contributed by atoms with Gasteiger partial charge in [0, 0.05) is 29.9 Å². The van der Waals surface area contributed by atoms with Crippen molar-refractivity contribution in [2.75, 3.05) is 0 Å². The predicted molar refractivity (Wildman–Crippen MR) is 89.2 cm³/mol. The van der Waals surface area contributed by atoms with Crippen molar-refractivity contribution in [3.05, 3.63) is 60.0 Å². The van der Waals surface area contributed by atoms with Crippen LogP contribution in [0, 0.1) is 6.92 Å². The number of imidazole rings is 2. The fraction of sp³-hybridized carbons (Fsp3) is 0.125. The van der Waals surface area contributed by atoms with E-state index in [-0.39, 0.29) is 5.48 Å². The van der Waals surface area contributed by atoms with Crippen LogP contribution in [0.2, 0.25) is 0 Å². The highest BCUT2D eigenvalue weighted by molar-refractivity contribution is 7.98. The zero-order valence-corrected chi connectivity index (χ0v) is 12.9. The first-order valence-electron chi connectivity index (χ1n) is 6.79. The molecule has 0 bridgehead atoms. The van der Waals surface area contributed by atoms with E-state index in [2.05, 4.69) is 46.1 Å². The highest BCUT2D eigenvalue weighted by Crippen LogP contribution is 2.24. The minimum atomic E-state index is 0. The van der Waals surface area contributed by atoms with Gasteiger partial charge in [0.05, 0.1) is 11.0 Å². The number of fused-ring (bicyclic) bond motifs is 2. The number of hydrogen-bond donors (Lipinski definition) is 1. The van der Waals surface area contributed by atoms with Gasteiger partial charge in [0.25, 0.3) is 0 Å². The molecule has 6 heteroatoms. The second-order valence-electron chi connectivity index (χ2n) is 5.04. The van der Waals surface area contributed by atoms with Crippen LogP contribution in [-0.4, -0.2) is 24.8 Å². The number of hydrogen-bond acceptors (Lipinski definition) is 3. The lowest BCUT2D eigenvalue weighted by molar-refractivity contribution is 0.824. The molecule has 0 aliphatic carbocycles. The topological polar surface area (TPSA) is 77.5 Å². The fourth-order valence-corrected chi connectivity index (χ4v) is 3.30. The van der Waals surface area contributed by atoms with Gasteiger partial charge in [-0.05, 0) is 30.7 Å². The minimum Gasteiger partial charge on any atom is -0.412 e. The molecule has 5 nitrogen and oxygen atoms in total. The summed E-state index contributed by atoms with van der Waals surface area (Å²) in [6, 6.07) is 10.4. The van der Waals surface area contributed by atoms with Crippen LogP contribution in [0.25, 0.3) is 16.7 Å². The normalized spacial score (nSPS) is 11.0. The molecule has 4 aromatic rings. The van der Waals surface area contributed by atoms with E-state index in [0.717, 1.165) is 27.6 Å². The van der Waals surface area contributed by atoms with E-state index in [1.807, 2.05) is 29.1 Å². The van der Waals surface area contributed by atoms with E-state index in [1.54, 1.807) is 11.8 Å². The van der Waals surface area contributed by atoms with Crippen molar-refractivity contribution in [2.45, 2.75) is 17.8 Å². The largest absolute Gasteiger partial charge is 0.412 e. The molecule has 0 aliphatic rings. The first-order valence-corrected chi connectivity index (χ1v) is 7.78. The van der Waals surface area contributed by atoms with Gasteiger partial charge in [-0.3, -0.25) is 0 Å². The number of aromatic nitrogens is 4. The third kappa shape index (κ3) is 2.58. The Kier molecular flexibility index (Phi) is 3.87. The first-order chi connectivity index (χ1) is 10.3. The van der Waals surface area contributed by atoms with Crippen molar-refractivity contribution in [1.29, 1.82) is 0 Å². The molecule has 3 N–H and O–H groups in total. The summed E-state index contributed by atoms with van der Waals surface area (Å²) >= 11 is 1.70. The number of rotatable bonds is 3. The quantitative estimate of drug-likeness (QED) is 0.591. The van der Waals surface area contributed by atoms with E-state index in [1.165, 1.54) is 11.1 Å². The maximum absolute atomic E-state index is 4.62. The van der Waals surface area contributed by atoms with Crippen molar-refractivity contribution >= 4 is 28.4 Å². The Balaban J connectivity index is 0.00000144. The average molecular weight is 312 g/mol. The maximum atomic E-state index is 4.62. The van der Waals surface area contributed by atoms with Gasteiger partial charge >= 0.3 is 0 Å². The number of benzene rings is 1. The molecule has 0 amide bonds. The Bertz CT molecular complexity index is 928. The maximum Gasteiger partial charge on any atom is 0.166 e. The van der Waals surface area contributed by atoms with E-state index >= 15 is 0 Å². The van der Waals surface area contributed by atoms with Crippen LogP contribution in [0.4, 0.5) is 0 Å². The van der Waals surface area contributed by atoms with Crippen molar-refractivity contribution in [2.24, 2.45) is 0 Å². The second-order valence-corrected chi connectivity index (χ2v) is 6.01. The van der Waals surface area contributed by atoms with Crippen molar-refractivity contribution < 1.29 is 5.48 Å². The van der Waals surface area contributed by atoms with Crippen molar-refractivity contribution in [3.8, 4) is 0 Å². The molecule has 0 unspecified atom stereocenters. The summed E-state index contributed by atoms with van der Waals surface area (Å²) < 4.78 is 2.04. The number of aromatic amines is 1.